The van der Waals surface area contributed by atoms with Crippen molar-refractivity contribution in [2.24, 2.45) is 0 Å². The molecule has 1 N–H and O–H groups in total. The Balaban J connectivity index is 1.99. The van der Waals surface area contributed by atoms with E-state index in [2.05, 4.69) is 5.32 Å². The molecule has 1 aliphatic rings. The van der Waals surface area contributed by atoms with E-state index in [-0.39, 0.29) is 17.2 Å². The first-order valence-corrected chi connectivity index (χ1v) is 7.24. The Morgan fingerprint density at radius 1 is 1.45 bits per heavy atom. The molecule has 0 saturated carbocycles. The summed E-state index contributed by atoms with van der Waals surface area (Å²) in [4.78, 5) is 0. The highest BCUT2D eigenvalue weighted by Crippen LogP contribution is 2.32. The lowest BCUT2D eigenvalue weighted by Crippen LogP contribution is -2.32. The van der Waals surface area contributed by atoms with Crippen molar-refractivity contribution in [1.29, 1.82) is 0 Å². The Morgan fingerprint density at radius 3 is 2.75 bits per heavy atom. The molecule has 0 spiro atoms. The summed E-state index contributed by atoms with van der Waals surface area (Å²) in [5.41, 5.74) is 0.562. The molecule has 1 aromatic carbocycles. The van der Waals surface area contributed by atoms with Crippen molar-refractivity contribution in [2.75, 3.05) is 13.2 Å². The molecule has 1 saturated heterocycles. The van der Waals surface area contributed by atoms with E-state index in [1.54, 1.807) is 0 Å². The van der Waals surface area contributed by atoms with E-state index < -0.39 is 11.6 Å². The van der Waals surface area contributed by atoms with Crippen LogP contribution in [0.5, 0.6) is 0 Å². The van der Waals surface area contributed by atoms with Crippen LogP contribution >= 0.6 is 23.2 Å². The first-order valence-electron chi connectivity index (χ1n) is 6.49. The van der Waals surface area contributed by atoms with Crippen LogP contribution in [0.25, 0.3) is 0 Å². The van der Waals surface area contributed by atoms with Crippen molar-refractivity contribution in [3.05, 3.63) is 33.6 Å². The maximum Gasteiger partial charge on any atom is 0.163 e. The minimum Gasteiger partial charge on any atom is -0.348 e. The molecular weight excluding hydrogens is 304 g/mol. The van der Waals surface area contributed by atoms with E-state index in [9.17, 15) is 4.39 Å². The van der Waals surface area contributed by atoms with Crippen molar-refractivity contribution in [3.63, 3.8) is 0 Å². The predicted octanol–water partition coefficient (Wildman–Crippen LogP) is 3.93. The Morgan fingerprint density at radius 2 is 2.15 bits per heavy atom. The Hall–Kier alpha value is -0.390. The second-order valence-corrected chi connectivity index (χ2v) is 6.12. The number of ether oxygens (including phenoxy) is 2. The molecule has 3 nitrogen and oxygen atoms in total. The molecule has 112 valence electrons. The second-order valence-electron chi connectivity index (χ2n) is 5.34. The third-order valence-electron chi connectivity index (χ3n) is 3.23. The van der Waals surface area contributed by atoms with Gasteiger partial charge < -0.3 is 14.8 Å². The van der Waals surface area contributed by atoms with Crippen molar-refractivity contribution >= 4 is 23.2 Å². The zero-order valence-electron chi connectivity index (χ0n) is 11.7. The van der Waals surface area contributed by atoms with E-state index in [4.69, 9.17) is 32.7 Å². The van der Waals surface area contributed by atoms with E-state index in [0.29, 0.717) is 23.7 Å². The van der Waals surface area contributed by atoms with Gasteiger partial charge in [-0.15, -0.1) is 0 Å². The van der Waals surface area contributed by atoms with Gasteiger partial charge in [-0.3, -0.25) is 0 Å². The van der Waals surface area contributed by atoms with Crippen LogP contribution in [0, 0.1) is 5.82 Å². The molecule has 6 heteroatoms. The van der Waals surface area contributed by atoms with Crippen LogP contribution in [0.15, 0.2) is 12.1 Å². The number of hydrogen-bond donors (Lipinski definition) is 1. The van der Waals surface area contributed by atoms with E-state index in [1.165, 1.54) is 12.1 Å². The zero-order chi connectivity index (χ0) is 14.9. The highest BCUT2D eigenvalue weighted by molar-refractivity contribution is 6.36. The van der Waals surface area contributed by atoms with Gasteiger partial charge in [0.05, 0.1) is 17.7 Å². The monoisotopic (exact) mass is 321 g/mol. The van der Waals surface area contributed by atoms with Crippen LogP contribution in [-0.4, -0.2) is 25.0 Å². The molecule has 1 aliphatic heterocycles. The van der Waals surface area contributed by atoms with Gasteiger partial charge >= 0.3 is 0 Å². The third kappa shape index (κ3) is 3.62. The maximum absolute atomic E-state index is 13.5. The van der Waals surface area contributed by atoms with E-state index in [0.717, 1.165) is 0 Å². The topological polar surface area (TPSA) is 30.5 Å². The minimum absolute atomic E-state index is 0.0430. The fourth-order valence-electron chi connectivity index (χ4n) is 2.21. The van der Waals surface area contributed by atoms with Gasteiger partial charge in [-0.25, -0.2) is 4.39 Å². The van der Waals surface area contributed by atoms with Gasteiger partial charge in [0.25, 0.3) is 0 Å². The summed E-state index contributed by atoms with van der Waals surface area (Å²) in [5, 5.41) is 3.75. The first kappa shape index (κ1) is 16.0. The summed E-state index contributed by atoms with van der Waals surface area (Å²) in [6, 6.07) is 2.59. The normalized spacial score (nSPS) is 23.0. The largest absolute Gasteiger partial charge is 0.348 e. The molecule has 0 radical (unpaired) electrons. The van der Waals surface area contributed by atoms with Gasteiger partial charge in [-0.2, -0.15) is 0 Å². The number of benzene rings is 1. The molecule has 0 bridgehead atoms. The third-order valence-corrected chi connectivity index (χ3v) is 3.95. The summed E-state index contributed by atoms with van der Waals surface area (Å²) >= 11 is 12.1. The van der Waals surface area contributed by atoms with Gasteiger partial charge in [0.1, 0.15) is 5.82 Å². The molecule has 1 fully saturated rings. The molecular formula is C14H18Cl2FNO2. The number of rotatable bonds is 4. The standard InChI is InChI=1S/C14H18Cl2FNO2/c1-8(12-10(15)4-5-11(17)13(12)16)18-6-9-7-19-14(2,3)20-9/h4-5,8-9,18H,6-7H2,1-3H3. The average molecular weight is 322 g/mol. The minimum atomic E-state index is -0.552. The number of halogens is 3. The first-order chi connectivity index (χ1) is 9.30. The Bertz CT molecular complexity index is 496. The lowest BCUT2D eigenvalue weighted by Gasteiger charge is -2.21. The van der Waals surface area contributed by atoms with E-state index in [1.807, 2.05) is 20.8 Å². The van der Waals surface area contributed by atoms with Crippen LogP contribution < -0.4 is 5.32 Å². The van der Waals surface area contributed by atoms with Crippen molar-refractivity contribution < 1.29 is 13.9 Å². The molecule has 1 heterocycles. The molecule has 2 atom stereocenters. The van der Waals surface area contributed by atoms with Crippen molar-refractivity contribution in [3.8, 4) is 0 Å². The van der Waals surface area contributed by atoms with Gasteiger partial charge in [-0.1, -0.05) is 23.2 Å². The molecule has 2 unspecified atom stereocenters. The number of hydrogen-bond acceptors (Lipinski definition) is 3. The average Bonchev–Trinajstić information content (AvgIpc) is 2.72. The SMILES string of the molecule is CC(NCC1COC(C)(C)O1)c1c(Cl)ccc(F)c1Cl. The molecule has 0 amide bonds. The summed E-state index contributed by atoms with van der Waals surface area (Å²) in [6.07, 6.45) is -0.0430. The quantitative estimate of drug-likeness (QED) is 0.852. The highest BCUT2D eigenvalue weighted by Gasteiger charge is 2.32. The van der Waals surface area contributed by atoms with Crippen molar-refractivity contribution in [2.45, 2.75) is 38.7 Å². The highest BCUT2D eigenvalue weighted by atomic mass is 35.5. The van der Waals surface area contributed by atoms with Crippen LogP contribution in [0.3, 0.4) is 0 Å². The van der Waals surface area contributed by atoms with Crippen LogP contribution in [0.4, 0.5) is 4.39 Å². The smallest absolute Gasteiger partial charge is 0.163 e. The molecule has 0 aromatic heterocycles. The molecule has 2 rings (SSSR count). The van der Waals surface area contributed by atoms with E-state index >= 15 is 0 Å². The summed E-state index contributed by atoms with van der Waals surface area (Å²) in [5.74, 6) is -1.02. The maximum atomic E-state index is 13.5. The van der Waals surface area contributed by atoms with Gasteiger partial charge in [-0.05, 0) is 32.9 Å². The molecule has 20 heavy (non-hydrogen) atoms. The van der Waals surface area contributed by atoms with Gasteiger partial charge in [0.2, 0.25) is 0 Å². The van der Waals surface area contributed by atoms with Crippen LogP contribution in [0.1, 0.15) is 32.4 Å². The van der Waals surface area contributed by atoms with Crippen molar-refractivity contribution in [1.82, 2.24) is 5.32 Å². The fourth-order valence-corrected chi connectivity index (χ4v) is 2.91. The predicted molar refractivity (Wildman–Crippen MR) is 77.7 cm³/mol. The fraction of sp³-hybridized carbons (Fsp3) is 0.571. The zero-order valence-corrected chi connectivity index (χ0v) is 13.2. The number of nitrogens with one attached hydrogen (secondary N) is 1. The summed E-state index contributed by atoms with van der Waals surface area (Å²) in [7, 11) is 0. The molecule has 0 aliphatic carbocycles. The lowest BCUT2D eigenvalue weighted by molar-refractivity contribution is -0.137. The second kappa shape index (κ2) is 6.16. The van der Waals surface area contributed by atoms with Crippen LogP contribution in [-0.2, 0) is 9.47 Å². The summed E-state index contributed by atoms with van der Waals surface area (Å²) < 4.78 is 24.7. The Labute approximate surface area is 128 Å². The Kier molecular flexibility index (Phi) is 4.92. The van der Waals surface area contributed by atoms with Gasteiger partial charge in [0.15, 0.2) is 5.79 Å². The summed E-state index contributed by atoms with van der Waals surface area (Å²) in [6.45, 7) is 6.73. The van der Waals surface area contributed by atoms with Crippen LogP contribution in [0.2, 0.25) is 10.0 Å². The lowest BCUT2D eigenvalue weighted by atomic mass is 10.1. The van der Waals surface area contributed by atoms with Gasteiger partial charge in [0, 0.05) is 23.2 Å². The molecule has 1 aromatic rings.